The van der Waals surface area contributed by atoms with Crippen LogP contribution in [0.4, 0.5) is 10.1 Å². The van der Waals surface area contributed by atoms with Crippen LogP contribution < -0.4 is 4.90 Å². The molecule has 0 unspecified atom stereocenters. The first-order valence-corrected chi connectivity index (χ1v) is 7.28. The van der Waals surface area contributed by atoms with E-state index in [1.54, 1.807) is 18.5 Å². The van der Waals surface area contributed by atoms with Crippen molar-refractivity contribution in [1.82, 2.24) is 14.9 Å². The summed E-state index contributed by atoms with van der Waals surface area (Å²) in [6.45, 7) is 4.11. The Kier molecular flexibility index (Phi) is 4.31. The predicted molar refractivity (Wildman–Crippen MR) is 80.9 cm³/mol. The average Bonchev–Trinajstić information content (AvgIpc) is 2.51. The van der Waals surface area contributed by atoms with Crippen LogP contribution in [0.1, 0.15) is 5.69 Å². The average molecular weight is 307 g/mol. The van der Waals surface area contributed by atoms with Crippen molar-refractivity contribution in [3.63, 3.8) is 0 Å². The maximum Gasteiger partial charge on any atom is 0.147 e. The summed E-state index contributed by atoms with van der Waals surface area (Å²) in [6.07, 6.45) is 3.26. The molecule has 0 amide bonds. The molecule has 1 saturated heterocycles. The van der Waals surface area contributed by atoms with Crippen molar-refractivity contribution in [1.29, 1.82) is 0 Å². The quantitative estimate of drug-likeness (QED) is 0.872. The van der Waals surface area contributed by atoms with Crippen LogP contribution in [0, 0.1) is 5.82 Å². The minimum absolute atomic E-state index is 0.158. The molecule has 0 atom stereocenters. The molecule has 0 N–H and O–H groups in total. The highest BCUT2D eigenvalue weighted by atomic mass is 35.5. The molecule has 4 nitrogen and oxygen atoms in total. The predicted octanol–water partition coefficient (Wildman–Crippen LogP) is 2.59. The van der Waals surface area contributed by atoms with Crippen LogP contribution in [0.2, 0.25) is 5.15 Å². The number of aromatic nitrogens is 2. The molecular weight excluding hydrogens is 291 g/mol. The van der Waals surface area contributed by atoms with Crippen LogP contribution in [-0.2, 0) is 6.54 Å². The van der Waals surface area contributed by atoms with Gasteiger partial charge in [0.25, 0.3) is 0 Å². The summed E-state index contributed by atoms with van der Waals surface area (Å²) >= 11 is 5.73. The zero-order valence-corrected chi connectivity index (χ0v) is 12.3. The van der Waals surface area contributed by atoms with E-state index in [2.05, 4.69) is 19.8 Å². The van der Waals surface area contributed by atoms with E-state index < -0.39 is 0 Å². The van der Waals surface area contributed by atoms with Gasteiger partial charge in [-0.2, -0.15) is 0 Å². The van der Waals surface area contributed by atoms with Gasteiger partial charge in [-0.25, -0.2) is 9.37 Å². The molecule has 1 aromatic heterocycles. The van der Waals surface area contributed by atoms with E-state index in [0.717, 1.165) is 38.4 Å². The SMILES string of the molecule is Fc1ccccc1N1CCN(Cc2cnc(Cl)cn2)CC1. The Morgan fingerprint density at radius 3 is 2.48 bits per heavy atom. The Balaban J connectivity index is 1.58. The van der Waals surface area contributed by atoms with Crippen molar-refractivity contribution in [2.75, 3.05) is 31.1 Å². The number of rotatable bonds is 3. The van der Waals surface area contributed by atoms with Gasteiger partial charge in [0.05, 0.1) is 23.8 Å². The molecule has 6 heteroatoms. The van der Waals surface area contributed by atoms with Gasteiger partial charge < -0.3 is 4.90 Å². The van der Waals surface area contributed by atoms with Crippen LogP contribution in [0.25, 0.3) is 0 Å². The van der Waals surface area contributed by atoms with Crippen molar-refractivity contribution in [2.45, 2.75) is 6.54 Å². The fraction of sp³-hybridized carbons (Fsp3) is 0.333. The second kappa shape index (κ2) is 6.37. The number of anilines is 1. The molecule has 110 valence electrons. The third-order valence-corrected chi connectivity index (χ3v) is 3.82. The maximum absolute atomic E-state index is 13.8. The lowest BCUT2D eigenvalue weighted by atomic mass is 10.2. The number of piperazine rings is 1. The Bertz CT molecular complexity index is 597. The zero-order chi connectivity index (χ0) is 14.7. The van der Waals surface area contributed by atoms with Crippen LogP contribution in [0.15, 0.2) is 36.7 Å². The van der Waals surface area contributed by atoms with Crippen LogP contribution >= 0.6 is 11.6 Å². The lowest BCUT2D eigenvalue weighted by Crippen LogP contribution is -2.46. The number of halogens is 2. The van der Waals surface area contributed by atoms with Crippen molar-refractivity contribution < 1.29 is 4.39 Å². The molecule has 1 aromatic carbocycles. The van der Waals surface area contributed by atoms with Gasteiger partial charge in [-0.15, -0.1) is 0 Å². The molecule has 1 aliphatic rings. The third-order valence-electron chi connectivity index (χ3n) is 3.62. The Morgan fingerprint density at radius 1 is 1.05 bits per heavy atom. The molecular formula is C15H16ClFN4. The molecule has 0 radical (unpaired) electrons. The number of benzene rings is 1. The lowest BCUT2D eigenvalue weighted by molar-refractivity contribution is 0.246. The van der Waals surface area contributed by atoms with E-state index in [1.807, 2.05) is 12.1 Å². The maximum atomic E-state index is 13.8. The summed E-state index contributed by atoms with van der Waals surface area (Å²) in [5.74, 6) is -0.158. The Hall–Kier alpha value is -1.72. The molecule has 1 fully saturated rings. The van der Waals surface area contributed by atoms with E-state index in [-0.39, 0.29) is 5.82 Å². The first-order chi connectivity index (χ1) is 10.2. The molecule has 0 bridgehead atoms. The standard InChI is InChI=1S/C15H16ClFN4/c16-15-10-18-12(9-19-15)11-20-5-7-21(8-6-20)14-4-2-1-3-13(14)17/h1-4,9-10H,5-8,11H2. The largest absolute Gasteiger partial charge is 0.367 e. The third kappa shape index (κ3) is 3.49. The molecule has 0 spiro atoms. The molecule has 3 rings (SSSR count). The summed E-state index contributed by atoms with van der Waals surface area (Å²) in [5, 5.41) is 0.406. The van der Waals surface area contributed by atoms with Gasteiger partial charge >= 0.3 is 0 Å². The minimum atomic E-state index is -0.158. The fourth-order valence-electron chi connectivity index (χ4n) is 2.50. The highest BCUT2D eigenvalue weighted by Gasteiger charge is 2.19. The van der Waals surface area contributed by atoms with Crippen molar-refractivity contribution in [3.05, 3.63) is 53.3 Å². The summed E-state index contributed by atoms with van der Waals surface area (Å²) in [6, 6.07) is 6.92. The van der Waals surface area contributed by atoms with Gasteiger partial charge in [-0.1, -0.05) is 23.7 Å². The monoisotopic (exact) mass is 306 g/mol. The molecule has 1 aliphatic heterocycles. The Morgan fingerprint density at radius 2 is 1.81 bits per heavy atom. The number of hydrogen-bond donors (Lipinski definition) is 0. The van der Waals surface area contributed by atoms with Crippen LogP contribution in [0.3, 0.4) is 0 Å². The smallest absolute Gasteiger partial charge is 0.147 e. The summed E-state index contributed by atoms with van der Waals surface area (Å²) < 4.78 is 13.8. The molecule has 21 heavy (non-hydrogen) atoms. The van der Waals surface area contributed by atoms with Gasteiger partial charge in [-0.3, -0.25) is 9.88 Å². The topological polar surface area (TPSA) is 32.3 Å². The zero-order valence-electron chi connectivity index (χ0n) is 11.5. The summed E-state index contributed by atoms with van der Waals surface area (Å²) in [5.41, 5.74) is 1.59. The fourth-order valence-corrected chi connectivity index (χ4v) is 2.60. The van der Waals surface area contributed by atoms with Gasteiger partial charge in [0.15, 0.2) is 0 Å². The Labute approximate surface area is 128 Å². The molecule has 0 aliphatic carbocycles. The first kappa shape index (κ1) is 14.2. The van der Waals surface area contributed by atoms with Crippen LogP contribution in [0.5, 0.6) is 0 Å². The summed E-state index contributed by atoms with van der Waals surface area (Å²) in [4.78, 5) is 12.7. The van der Waals surface area contributed by atoms with E-state index in [1.165, 1.54) is 6.07 Å². The van der Waals surface area contributed by atoms with E-state index in [4.69, 9.17) is 11.6 Å². The lowest BCUT2D eigenvalue weighted by Gasteiger charge is -2.36. The van der Waals surface area contributed by atoms with E-state index >= 15 is 0 Å². The van der Waals surface area contributed by atoms with Crippen molar-refractivity contribution in [2.24, 2.45) is 0 Å². The van der Waals surface area contributed by atoms with Gasteiger partial charge in [0, 0.05) is 32.7 Å². The number of nitrogens with zero attached hydrogens (tertiary/aromatic N) is 4. The highest BCUT2D eigenvalue weighted by Crippen LogP contribution is 2.20. The highest BCUT2D eigenvalue weighted by molar-refractivity contribution is 6.29. The van der Waals surface area contributed by atoms with Crippen LogP contribution in [-0.4, -0.2) is 41.0 Å². The van der Waals surface area contributed by atoms with Crippen molar-refractivity contribution >= 4 is 17.3 Å². The number of hydrogen-bond acceptors (Lipinski definition) is 4. The van der Waals surface area contributed by atoms with Crippen molar-refractivity contribution in [3.8, 4) is 0 Å². The minimum Gasteiger partial charge on any atom is -0.367 e. The van der Waals surface area contributed by atoms with Gasteiger partial charge in [0.1, 0.15) is 11.0 Å². The molecule has 0 saturated carbocycles. The molecule has 2 heterocycles. The first-order valence-electron chi connectivity index (χ1n) is 6.90. The van der Waals surface area contributed by atoms with Gasteiger partial charge in [0.2, 0.25) is 0 Å². The second-order valence-corrected chi connectivity index (χ2v) is 5.43. The molecule has 2 aromatic rings. The van der Waals surface area contributed by atoms with E-state index in [0.29, 0.717) is 10.8 Å². The summed E-state index contributed by atoms with van der Waals surface area (Å²) in [7, 11) is 0. The second-order valence-electron chi connectivity index (χ2n) is 5.05. The van der Waals surface area contributed by atoms with E-state index in [9.17, 15) is 4.39 Å². The number of para-hydroxylation sites is 1. The van der Waals surface area contributed by atoms with Gasteiger partial charge in [-0.05, 0) is 12.1 Å². The normalized spacial score (nSPS) is 16.2.